The summed E-state index contributed by atoms with van der Waals surface area (Å²) in [6.07, 6.45) is 7.06. The molecule has 27 heavy (non-hydrogen) atoms. The minimum atomic E-state index is 0.654. The molecule has 0 amide bonds. The molecule has 0 spiro atoms. The van der Waals surface area contributed by atoms with Crippen LogP contribution in [0.15, 0.2) is 60.7 Å². The molecule has 0 radical (unpaired) electrons. The predicted molar refractivity (Wildman–Crippen MR) is 114 cm³/mol. The number of hydrogen-bond donors (Lipinski definition) is 0. The Hall–Kier alpha value is -1.64. The van der Waals surface area contributed by atoms with Crippen molar-refractivity contribution < 1.29 is 0 Å². The van der Waals surface area contributed by atoms with Gasteiger partial charge in [-0.3, -0.25) is 4.90 Å². The van der Waals surface area contributed by atoms with E-state index in [0.717, 1.165) is 18.5 Å². The standard InChI is InChI=1S/C25H34N2/c1-26(24-15-9-4-10-16-24)18-23-19-27(17-21-11-5-2-6-12-21)20-25(23)22-13-7-3-8-14-22/h2-3,5-8,11-14,23-25H,4,9-10,15-20H2,1H3. The summed E-state index contributed by atoms with van der Waals surface area (Å²) in [5, 5.41) is 0. The molecule has 2 aliphatic rings. The Balaban J connectivity index is 1.46. The summed E-state index contributed by atoms with van der Waals surface area (Å²) in [5.41, 5.74) is 2.96. The van der Waals surface area contributed by atoms with E-state index in [0.29, 0.717) is 5.92 Å². The van der Waals surface area contributed by atoms with Gasteiger partial charge in [-0.25, -0.2) is 0 Å². The highest BCUT2D eigenvalue weighted by Crippen LogP contribution is 2.35. The number of likely N-dealkylation sites (tertiary alicyclic amines) is 1. The largest absolute Gasteiger partial charge is 0.303 e. The Labute approximate surface area is 165 Å². The molecule has 2 unspecified atom stereocenters. The lowest BCUT2D eigenvalue weighted by Crippen LogP contribution is -2.38. The molecule has 144 valence electrons. The highest BCUT2D eigenvalue weighted by atomic mass is 15.2. The van der Waals surface area contributed by atoms with Crippen LogP contribution in [0.3, 0.4) is 0 Å². The molecule has 4 rings (SSSR count). The molecule has 1 saturated heterocycles. The zero-order valence-corrected chi connectivity index (χ0v) is 16.8. The van der Waals surface area contributed by atoms with Crippen molar-refractivity contribution in [3.8, 4) is 0 Å². The fourth-order valence-corrected chi connectivity index (χ4v) is 5.23. The Bertz CT molecular complexity index is 678. The average Bonchev–Trinajstić information content (AvgIpc) is 3.12. The number of rotatable bonds is 6. The number of benzene rings is 2. The van der Waals surface area contributed by atoms with Gasteiger partial charge in [0.2, 0.25) is 0 Å². The van der Waals surface area contributed by atoms with E-state index in [-0.39, 0.29) is 0 Å². The summed E-state index contributed by atoms with van der Waals surface area (Å²) in [5.74, 6) is 1.38. The van der Waals surface area contributed by atoms with Gasteiger partial charge in [-0.15, -0.1) is 0 Å². The highest BCUT2D eigenvalue weighted by Gasteiger charge is 2.35. The Kier molecular flexibility index (Phi) is 6.26. The van der Waals surface area contributed by atoms with Crippen molar-refractivity contribution in [2.75, 3.05) is 26.7 Å². The molecule has 1 heterocycles. The van der Waals surface area contributed by atoms with Crippen LogP contribution in [0.2, 0.25) is 0 Å². The van der Waals surface area contributed by atoms with Crippen LogP contribution in [0.5, 0.6) is 0 Å². The topological polar surface area (TPSA) is 6.48 Å². The van der Waals surface area contributed by atoms with Crippen molar-refractivity contribution in [2.24, 2.45) is 5.92 Å². The molecule has 0 bridgehead atoms. The van der Waals surface area contributed by atoms with E-state index in [2.05, 4.69) is 77.5 Å². The van der Waals surface area contributed by atoms with E-state index < -0.39 is 0 Å². The van der Waals surface area contributed by atoms with Gasteiger partial charge in [0.1, 0.15) is 0 Å². The van der Waals surface area contributed by atoms with Gasteiger partial charge >= 0.3 is 0 Å². The third-order valence-electron chi connectivity index (χ3n) is 6.71. The van der Waals surface area contributed by atoms with Gasteiger partial charge in [0.15, 0.2) is 0 Å². The first-order chi connectivity index (χ1) is 13.3. The van der Waals surface area contributed by atoms with E-state index in [1.54, 1.807) is 0 Å². The quantitative estimate of drug-likeness (QED) is 0.700. The van der Waals surface area contributed by atoms with Crippen molar-refractivity contribution in [1.29, 1.82) is 0 Å². The monoisotopic (exact) mass is 362 g/mol. The molecule has 1 saturated carbocycles. The van der Waals surface area contributed by atoms with E-state index >= 15 is 0 Å². The first-order valence-electron chi connectivity index (χ1n) is 10.8. The molecular formula is C25H34N2. The molecule has 2 nitrogen and oxygen atoms in total. The number of hydrogen-bond acceptors (Lipinski definition) is 2. The summed E-state index contributed by atoms with van der Waals surface area (Å²) in [6.45, 7) is 4.71. The summed E-state index contributed by atoms with van der Waals surface area (Å²) in [4.78, 5) is 5.36. The van der Waals surface area contributed by atoms with Gasteiger partial charge in [-0.05, 0) is 36.9 Å². The fraction of sp³-hybridized carbons (Fsp3) is 0.520. The first kappa shape index (κ1) is 18.7. The molecule has 2 aromatic rings. The maximum Gasteiger partial charge on any atom is 0.0234 e. The molecule has 1 aliphatic heterocycles. The van der Waals surface area contributed by atoms with Crippen molar-refractivity contribution >= 4 is 0 Å². The van der Waals surface area contributed by atoms with Crippen molar-refractivity contribution in [3.05, 3.63) is 71.8 Å². The maximum atomic E-state index is 2.69. The minimum Gasteiger partial charge on any atom is -0.303 e. The van der Waals surface area contributed by atoms with Crippen LogP contribution in [0.4, 0.5) is 0 Å². The minimum absolute atomic E-state index is 0.654. The smallest absolute Gasteiger partial charge is 0.0234 e. The van der Waals surface area contributed by atoms with Crippen LogP contribution in [-0.2, 0) is 6.54 Å². The average molecular weight is 363 g/mol. The Morgan fingerprint density at radius 1 is 0.852 bits per heavy atom. The lowest BCUT2D eigenvalue weighted by molar-refractivity contribution is 0.162. The molecule has 1 aliphatic carbocycles. The first-order valence-corrected chi connectivity index (χ1v) is 10.8. The van der Waals surface area contributed by atoms with Gasteiger partial charge in [0.25, 0.3) is 0 Å². The van der Waals surface area contributed by atoms with Crippen molar-refractivity contribution in [2.45, 2.75) is 50.6 Å². The third kappa shape index (κ3) is 4.80. The van der Waals surface area contributed by atoms with Gasteiger partial charge < -0.3 is 4.90 Å². The molecular weight excluding hydrogens is 328 g/mol. The second-order valence-electron chi connectivity index (χ2n) is 8.69. The molecule has 0 N–H and O–H groups in total. The summed E-state index contributed by atoms with van der Waals surface area (Å²) in [6, 6.07) is 23.0. The Morgan fingerprint density at radius 2 is 1.52 bits per heavy atom. The zero-order chi connectivity index (χ0) is 18.5. The zero-order valence-electron chi connectivity index (χ0n) is 16.8. The third-order valence-corrected chi connectivity index (χ3v) is 6.71. The molecule has 2 atom stereocenters. The van der Waals surface area contributed by atoms with Gasteiger partial charge in [0, 0.05) is 38.1 Å². The van der Waals surface area contributed by atoms with Gasteiger partial charge in [0.05, 0.1) is 0 Å². The van der Waals surface area contributed by atoms with Crippen LogP contribution >= 0.6 is 0 Å². The van der Waals surface area contributed by atoms with Crippen LogP contribution in [0, 0.1) is 5.92 Å². The fourth-order valence-electron chi connectivity index (χ4n) is 5.23. The second kappa shape index (κ2) is 9.03. The second-order valence-corrected chi connectivity index (χ2v) is 8.69. The van der Waals surface area contributed by atoms with E-state index in [1.165, 1.54) is 62.9 Å². The highest BCUT2D eigenvalue weighted by molar-refractivity contribution is 5.23. The van der Waals surface area contributed by atoms with Crippen molar-refractivity contribution in [1.82, 2.24) is 9.80 Å². The summed E-state index contributed by atoms with van der Waals surface area (Å²) in [7, 11) is 2.37. The molecule has 2 heteroatoms. The van der Waals surface area contributed by atoms with Crippen LogP contribution in [-0.4, -0.2) is 42.5 Å². The van der Waals surface area contributed by atoms with Gasteiger partial charge in [-0.2, -0.15) is 0 Å². The van der Waals surface area contributed by atoms with Crippen LogP contribution in [0.25, 0.3) is 0 Å². The molecule has 0 aromatic heterocycles. The summed E-state index contributed by atoms with van der Waals surface area (Å²) >= 11 is 0. The van der Waals surface area contributed by atoms with E-state index in [4.69, 9.17) is 0 Å². The normalized spacial score (nSPS) is 24.5. The predicted octanol–water partition coefficient (Wildman–Crippen LogP) is 5.17. The van der Waals surface area contributed by atoms with E-state index in [9.17, 15) is 0 Å². The SMILES string of the molecule is CN(CC1CN(Cc2ccccc2)CC1c1ccccc1)C1CCCCC1. The lowest BCUT2D eigenvalue weighted by atomic mass is 9.87. The molecule has 2 fully saturated rings. The maximum absolute atomic E-state index is 2.69. The van der Waals surface area contributed by atoms with Gasteiger partial charge in [-0.1, -0.05) is 79.9 Å². The van der Waals surface area contributed by atoms with Crippen LogP contribution in [0.1, 0.15) is 49.1 Å². The molecule has 2 aromatic carbocycles. The van der Waals surface area contributed by atoms with E-state index in [1.807, 2.05) is 0 Å². The lowest BCUT2D eigenvalue weighted by Gasteiger charge is -2.34. The summed E-state index contributed by atoms with van der Waals surface area (Å²) < 4.78 is 0. The van der Waals surface area contributed by atoms with Crippen LogP contribution < -0.4 is 0 Å². The Morgan fingerprint density at radius 3 is 2.22 bits per heavy atom. The number of nitrogens with zero attached hydrogens (tertiary/aromatic N) is 2. The van der Waals surface area contributed by atoms with Crippen molar-refractivity contribution in [3.63, 3.8) is 0 Å².